The fourth-order valence-electron chi connectivity index (χ4n) is 3.33. The molecule has 2 N–H and O–H groups in total. The topological polar surface area (TPSA) is 67.2 Å². The molecular weight excluding hydrogens is 326 g/mol. The highest BCUT2D eigenvalue weighted by Gasteiger charge is 2.09. The van der Waals surface area contributed by atoms with Crippen molar-refractivity contribution in [1.82, 2.24) is 14.9 Å². The molecule has 0 amide bonds. The van der Waals surface area contributed by atoms with Crippen LogP contribution in [0.2, 0.25) is 0 Å². The van der Waals surface area contributed by atoms with Gasteiger partial charge in [0.05, 0.1) is 17.3 Å². The van der Waals surface area contributed by atoms with E-state index in [-0.39, 0.29) is 0 Å². The van der Waals surface area contributed by atoms with Crippen molar-refractivity contribution in [3.8, 4) is 0 Å². The number of nitrogens with one attached hydrogen (secondary N) is 1. The maximum absolute atomic E-state index is 10.9. The molecular formula is C21H19N3O2. The highest BCUT2D eigenvalue weighted by Crippen LogP contribution is 2.27. The number of benzene rings is 2. The molecule has 5 nitrogen and oxygen atoms in total. The SMILES string of the molecule is O=C(O)c1ccc(CNCCn2c3ccccc3c3ccncc32)cc1. The molecule has 0 saturated heterocycles. The molecule has 4 rings (SSSR count). The van der Waals surface area contributed by atoms with Gasteiger partial charge in [0.25, 0.3) is 0 Å². The van der Waals surface area contributed by atoms with Crippen molar-refractivity contribution in [2.45, 2.75) is 13.1 Å². The molecule has 0 aliphatic heterocycles. The summed E-state index contributed by atoms with van der Waals surface area (Å²) in [6.07, 6.45) is 3.75. The molecule has 2 aromatic carbocycles. The van der Waals surface area contributed by atoms with Gasteiger partial charge in [-0.25, -0.2) is 4.79 Å². The summed E-state index contributed by atoms with van der Waals surface area (Å²) in [7, 11) is 0. The molecule has 0 aliphatic rings. The maximum Gasteiger partial charge on any atom is 0.335 e. The van der Waals surface area contributed by atoms with Gasteiger partial charge in [0, 0.05) is 42.1 Å². The van der Waals surface area contributed by atoms with Gasteiger partial charge in [-0.05, 0) is 29.8 Å². The Labute approximate surface area is 150 Å². The Kier molecular flexibility index (Phi) is 4.37. The van der Waals surface area contributed by atoms with Crippen LogP contribution in [0.15, 0.2) is 67.0 Å². The van der Waals surface area contributed by atoms with E-state index >= 15 is 0 Å². The van der Waals surface area contributed by atoms with Crippen LogP contribution in [0.1, 0.15) is 15.9 Å². The van der Waals surface area contributed by atoms with Gasteiger partial charge in [-0.3, -0.25) is 4.98 Å². The summed E-state index contributed by atoms with van der Waals surface area (Å²) in [6, 6.07) is 17.4. The van der Waals surface area contributed by atoms with Crippen molar-refractivity contribution in [2.75, 3.05) is 6.54 Å². The Morgan fingerprint density at radius 2 is 1.77 bits per heavy atom. The van der Waals surface area contributed by atoms with Gasteiger partial charge in [0.2, 0.25) is 0 Å². The first-order chi connectivity index (χ1) is 12.7. The van der Waals surface area contributed by atoms with E-state index in [2.05, 4.69) is 45.2 Å². The Morgan fingerprint density at radius 1 is 1.00 bits per heavy atom. The molecule has 0 atom stereocenters. The zero-order valence-electron chi connectivity index (χ0n) is 14.2. The number of para-hydroxylation sites is 1. The lowest BCUT2D eigenvalue weighted by Crippen LogP contribution is -2.19. The standard InChI is InChI=1S/C21H19N3O2/c25-21(26)16-7-5-15(6-8-16)13-23-11-12-24-19-4-2-1-3-17(19)18-9-10-22-14-20(18)24/h1-10,14,23H,11-13H2,(H,25,26). The Morgan fingerprint density at radius 3 is 2.58 bits per heavy atom. The van der Waals surface area contributed by atoms with E-state index in [0.717, 1.165) is 24.2 Å². The van der Waals surface area contributed by atoms with E-state index in [1.54, 1.807) is 12.1 Å². The fraction of sp³-hybridized carbons (Fsp3) is 0.143. The van der Waals surface area contributed by atoms with Gasteiger partial charge < -0.3 is 15.0 Å². The molecule has 0 bridgehead atoms. The molecule has 130 valence electrons. The van der Waals surface area contributed by atoms with Crippen LogP contribution in [-0.2, 0) is 13.1 Å². The summed E-state index contributed by atoms with van der Waals surface area (Å²) >= 11 is 0. The average molecular weight is 345 g/mol. The van der Waals surface area contributed by atoms with Crippen LogP contribution in [0.3, 0.4) is 0 Å². The average Bonchev–Trinajstić information content (AvgIpc) is 3.00. The van der Waals surface area contributed by atoms with E-state index < -0.39 is 5.97 Å². The number of carboxylic acids is 1. The number of aromatic carboxylic acids is 1. The van der Waals surface area contributed by atoms with Gasteiger partial charge >= 0.3 is 5.97 Å². The molecule has 2 aromatic heterocycles. The molecule has 0 saturated carbocycles. The van der Waals surface area contributed by atoms with Crippen molar-refractivity contribution in [3.63, 3.8) is 0 Å². The van der Waals surface area contributed by atoms with E-state index in [1.165, 1.54) is 16.3 Å². The normalized spacial score (nSPS) is 11.2. The van der Waals surface area contributed by atoms with Gasteiger partial charge in [-0.15, -0.1) is 0 Å². The highest BCUT2D eigenvalue weighted by molar-refractivity contribution is 6.07. The predicted octanol–water partition coefficient (Wildman–Crippen LogP) is 3.68. The second kappa shape index (κ2) is 6.98. The van der Waals surface area contributed by atoms with Crippen LogP contribution < -0.4 is 5.32 Å². The Balaban J connectivity index is 1.47. The number of hydrogen-bond donors (Lipinski definition) is 2. The summed E-state index contributed by atoms with van der Waals surface area (Å²) in [6.45, 7) is 2.35. The monoisotopic (exact) mass is 345 g/mol. The number of carboxylic acid groups (broad SMARTS) is 1. The van der Waals surface area contributed by atoms with E-state index in [1.807, 2.05) is 24.5 Å². The number of aromatic nitrogens is 2. The Bertz CT molecular complexity index is 1010. The first-order valence-electron chi connectivity index (χ1n) is 8.58. The smallest absolute Gasteiger partial charge is 0.335 e. The van der Waals surface area contributed by atoms with Gasteiger partial charge in [0.15, 0.2) is 0 Å². The molecule has 0 aliphatic carbocycles. The lowest BCUT2D eigenvalue weighted by Gasteiger charge is -2.09. The molecule has 0 radical (unpaired) electrons. The largest absolute Gasteiger partial charge is 0.478 e. The fourth-order valence-corrected chi connectivity index (χ4v) is 3.33. The van der Waals surface area contributed by atoms with E-state index in [0.29, 0.717) is 12.1 Å². The summed E-state index contributed by atoms with van der Waals surface area (Å²) < 4.78 is 2.29. The highest BCUT2D eigenvalue weighted by atomic mass is 16.4. The minimum absolute atomic E-state index is 0.312. The maximum atomic E-state index is 10.9. The van der Waals surface area contributed by atoms with Crippen LogP contribution in [-0.4, -0.2) is 27.2 Å². The molecule has 5 heteroatoms. The van der Waals surface area contributed by atoms with Crippen LogP contribution in [0, 0.1) is 0 Å². The van der Waals surface area contributed by atoms with Crippen molar-refractivity contribution < 1.29 is 9.90 Å². The summed E-state index contributed by atoms with van der Waals surface area (Å²) in [5.41, 5.74) is 3.73. The first-order valence-corrected chi connectivity index (χ1v) is 8.58. The molecule has 26 heavy (non-hydrogen) atoms. The summed E-state index contributed by atoms with van der Waals surface area (Å²) in [4.78, 5) is 15.2. The molecule has 0 unspecified atom stereocenters. The zero-order valence-corrected chi connectivity index (χ0v) is 14.2. The first kappa shape index (κ1) is 16.3. The minimum Gasteiger partial charge on any atom is -0.478 e. The number of rotatable bonds is 6. The number of carbonyl (C=O) groups is 1. The molecule has 0 fully saturated rings. The third kappa shape index (κ3) is 3.05. The van der Waals surface area contributed by atoms with Crippen LogP contribution in [0.25, 0.3) is 21.8 Å². The van der Waals surface area contributed by atoms with Crippen LogP contribution in [0.5, 0.6) is 0 Å². The van der Waals surface area contributed by atoms with E-state index in [4.69, 9.17) is 5.11 Å². The van der Waals surface area contributed by atoms with Crippen molar-refractivity contribution in [1.29, 1.82) is 0 Å². The second-order valence-electron chi connectivity index (χ2n) is 6.24. The minimum atomic E-state index is -0.899. The van der Waals surface area contributed by atoms with Gasteiger partial charge in [0.1, 0.15) is 0 Å². The summed E-state index contributed by atoms with van der Waals surface area (Å²) in [5.74, 6) is -0.899. The third-order valence-electron chi connectivity index (χ3n) is 4.62. The quantitative estimate of drug-likeness (QED) is 0.523. The van der Waals surface area contributed by atoms with Crippen molar-refractivity contribution in [3.05, 3.63) is 78.1 Å². The number of pyridine rings is 1. The van der Waals surface area contributed by atoms with Crippen LogP contribution in [0.4, 0.5) is 0 Å². The molecule has 2 heterocycles. The Hall–Kier alpha value is -3.18. The van der Waals surface area contributed by atoms with Gasteiger partial charge in [-0.2, -0.15) is 0 Å². The van der Waals surface area contributed by atoms with Crippen molar-refractivity contribution >= 4 is 27.8 Å². The van der Waals surface area contributed by atoms with Crippen LogP contribution >= 0.6 is 0 Å². The summed E-state index contributed by atoms with van der Waals surface area (Å²) in [5, 5.41) is 14.8. The van der Waals surface area contributed by atoms with E-state index in [9.17, 15) is 4.79 Å². The number of fused-ring (bicyclic) bond motifs is 3. The third-order valence-corrected chi connectivity index (χ3v) is 4.62. The number of hydrogen-bond acceptors (Lipinski definition) is 3. The molecule has 0 spiro atoms. The lowest BCUT2D eigenvalue weighted by molar-refractivity contribution is 0.0697. The lowest BCUT2D eigenvalue weighted by atomic mass is 10.1. The van der Waals surface area contributed by atoms with Gasteiger partial charge in [-0.1, -0.05) is 30.3 Å². The number of nitrogens with zero attached hydrogens (tertiary/aromatic N) is 2. The molecule has 4 aromatic rings. The predicted molar refractivity (Wildman–Crippen MR) is 102 cm³/mol. The zero-order chi connectivity index (χ0) is 17.9. The second-order valence-corrected chi connectivity index (χ2v) is 6.24. The van der Waals surface area contributed by atoms with Crippen molar-refractivity contribution in [2.24, 2.45) is 0 Å².